The summed E-state index contributed by atoms with van der Waals surface area (Å²) in [5.74, 6) is 0.489. The van der Waals surface area contributed by atoms with Crippen LogP contribution in [0.25, 0.3) is 0 Å². The van der Waals surface area contributed by atoms with Gasteiger partial charge in [0.1, 0.15) is 11.8 Å². The fourth-order valence-electron chi connectivity index (χ4n) is 2.27. The van der Waals surface area contributed by atoms with E-state index in [4.69, 9.17) is 17.3 Å². The summed E-state index contributed by atoms with van der Waals surface area (Å²) in [5.41, 5.74) is 9.49. The highest BCUT2D eigenvalue weighted by atomic mass is 35.5. The Morgan fingerprint density at radius 3 is 2.50 bits per heavy atom. The van der Waals surface area contributed by atoms with Crippen LogP contribution in [0.1, 0.15) is 30.8 Å². The molecular weight excluding hydrogens is 270 g/mol. The number of aromatic nitrogens is 1. The van der Waals surface area contributed by atoms with E-state index in [1.165, 1.54) is 0 Å². The van der Waals surface area contributed by atoms with E-state index in [0.717, 1.165) is 17.7 Å². The van der Waals surface area contributed by atoms with Gasteiger partial charge in [-0.15, -0.1) is 0 Å². The molecule has 0 amide bonds. The van der Waals surface area contributed by atoms with E-state index >= 15 is 0 Å². The Morgan fingerprint density at radius 1 is 1.30 bits per heavy atom. The molecule has 0 aliphatic rings. The van der Waals surface area contributed by atoms with Gasteiger partial charge in [0, 0.05) is 17.3 Å². The molecule has 0 aliphatic carbocycles. The third-order valence-corrected chi connectivity index (χ3v) is 3.46. The highest BCUT2D eigenvalue weighted by molar-refractivity contribution is 6.30. The molecule has 3 nitrogen and oxygen atoms in total. The maximum absolute atomic E-state index is 9.26. The van der Waals surface area contributed by atoms with Crippen molar-refractivity contribution in [3.05, 3.63) is 52.3 Å². The summed E-state index contributed by atoms with van der Waals surface area (Å²) in [7, 11) is 0. The molecule has 0 saturated carbocycles. The predicted octanol–water partition coefficient (Wildman–Crippen LogP) is 3.84. The van der Waals surface area contributed by atoms with Crippen LogP contribution < -0.4 is 5.73 Å². The van der Waals surface area contributed by atoms with Crippen molar-refractivity contribution in [2.24, 2.45) is 5.92 Å². The molecule has 2 aromatic rings. The number of nitrogen functional groups attached to an aromatic ring is 1. The van der Waals surface area contributed by atoms with Crippen molar-refractivity contribution in [1.29, 1.82) is 5.26 Å². The smallest absolute Gasteiger partial charge is 0.122 e. The lowest BCUT2D eigenvalue weighted by Gasteiger charge is -2.13. The van der Waals surface area contributed by atoms with Crippen molar-refractivity contribution in [3.8, 4) is 6.07 Å². The molecular formula is C16H18ClN3. The Labute approximate surface area is 124 Å². The summed E-state index contributed by atoms with van der Waals surface area (Å²) in [6, 6.07) is 11.6. The number of anilines is 1. The van der Waals surface area contributed by atoms with E-state index in [2.05, 4.69) is 19.9 Å². The van der Waals surface area contributed by atoms with Crippen molar-refractivity contribution in [3.63, 3.8) is 0 Å². The van der Waals surface area contributed by atoms with Crippen molar-refractivity contribution >= 4 is 17.3 Å². The van der Waals surface area contributed by atoms with Gasteiger partial charge < -0.3 is 10.3 Å². The average Bonchev–Trinajstić information content (AvgIpc) is 2.69. The van der Waals surface area contributed by atoms with Crippen molar-refractivity contribution in [2.45, 2.75) is 26.8 Å². The fraction of sp³-hybridized carbons (Fsp3) is 0.312. The van der Waals surface area contributed by atoms with Crippen LogP contribution in [0.3, 0.4) is 0 Å². The van der Waals surface area contributed by atoms with Gasteiger partial charge in [0.25, 0.3) is 0 Å². The third-order valence-electron chi connectivity index (χ3n) is 3.21. The number of nitrogens with zero attached hydrogens (tertiary/aromatic N) is 2. The standard InChI is InChI=1S/C16H18ClN3/c1-11(2)7-16-15(19)8-14(9-18)20(16)10-12-3-5-13(17)6-4-12/h3-6,8,11H,7,10,19H2,1-2H3. The van der Waals surface area contributed by atoms with E-state index < -0.39 is 0 Å². The number of nitrogens with two attached hydrogens (primary N) is 1. The van der Waals surface area contributed by atoms with Crippen LogP contribution in [0.2, 0.25) is 5.02 Å². The largest absolute Gasteiger partial charge is 0.397 e. The first-order valence-electron chi connectivity index (χ1n) is 6.63. The van der Waals surface area contributed by atoms with Gasteiger partial charge in [-0.2, -0.15) is 5.26 Å². The Bertz CT molecular complexity index is 633. The van der Waals surface area contributed by atoms with Gasteiger partial charge in [-0.25, -0.2) is 0 Å². The molecule has 1 heterocycles. The van der Waals surface area contributed by atoms with Gasteiger partial charge in [-0.05, 0) is 36.1 Å². The van der Waals surface area contributed by atoms with E-state index in [1.54, 1.807) is 6.07 Å². The van der Waals surface area contributed by atoms with Crippen molar-refractivity contribution < 1.29 is 0 Å². The molecule has 2 rings (SSSR count). The van der Waals surface area contributed by atoms with Crippen molar-refractivity contribution in [2.75, 3.05) is 5.73 Å². The number of hydrogen-bond donors (Lipinski definition) is 1. The molecule has 0 aliphatic heterocycles. The van der Waals surface area contributed by atoms with Crippen LogP contribution in [0.15, 0.2) is 30.3 Å². The second kappa shape index (κ2) is 6.02. The van der Waals surface area contributed by atoms with E-state index in [-0.39, 0.29) is 0 Å². The Kier molecular flexibility index (Phi) is 4.36. The molecule has 2 N–H and O–H groups in total. The molecule has 0 fully saturated rings. The molecule has 0 saturated heterocycles. The third kappa shape index (κ3) is 3.15. The molecule has 0 spiro atoms. The number of benzene rings is 1. The lowest BCUT2D eigenvalue weighted by Crippen LogP contribution is -2.10. The summed E-state index contributed by atoms with van der Waals surface area (Å²) in [6.45, 7) is 4.93. The monoisotopic (exact) mass is 287 g/mol. The first kappa shape index (κ1) is 14.5. The van der Waals surface area contributed by atoms with Gasteiger partial charge in [0.15, 0.2) is 0 Å². The zero-order chi connectivity index (χ0) is 14.7. The summed E-state index contributed by atoms with van der Waals surface area (Å²) in [6.07, 6.45) is 0.862. The minimum atomic E-state index is 0.489. The summed E-state index contributed by atoms with van der Waals surface area (Å²) in [4.78, 5) is 0. The SMILES string of the molecule is CC(C)Cc1c(N)cc(C#N)n1Cc1ccc(Cl)cc1. The molecule has 1 aromatic carbocycles. The lowest BCUT2D eigenvalue weighted by molar-refractivity contribution is 0.604. The normalized spacial score (nSPS) is 10.8. The van der Waals surface area contributed by atoms with Crippen LogP contribution in [-0.4, -0.2) is 4.57 Å². The molecule has 0 atom stereocenters. The van der Waals surface area contributed by atoms with E-state index in [1.807, 2.05) is 28.8 Å². The minimum Gasteiger partial charge on any atom is -0.397 e. The minimum absolute atomic E-state index is 0.489. The summed E-state index contributed by atoms with van der Waals surface area (Å²) < 4.78 is 2.00. The quantitative estimate of drug-likeness (QED) is 0.929. The Hall–Kier alpha value is -1.92. The molecule has 1 aromatic heterocycles. The van der Waals surface area contributed by atoms with Crippen LogP contribution in [0.5, 0.6) is 0 Å². The predicted molar refractivity (Wildman–Crippen MR) is 82.7 cm³/mol. The Morgan fingerprint density at radius 2 is 1.95 bits per heavy atom. The van der Waals surface area contributed by atoms with Gasteiger partial charge in [0.05, 0.1) is 5.69 Å². The topological polar surface area (TPSA) is 54.7 Å². The second-order valence-corrected chi connectivity index (χ2v) is 5.79. The zero-order valence-electron chi connectivity index (χ0n) is 11.7. The second-order valence-electron chi connectivity index (χ2n) is 5.35. The molecule has 104 valence electrons. The van der Waals surface area contributed by atoms with Crippen LogP contribution >= 0.6 is 11.6 Å². The van der Waals surface area contributed by atoms with Gasteiger partial charge in [-0.3, -0.25) is 0 Å². The van der Waals surface area contributed by atoms with Crippen LogP contribution in [-0.2, 0) is 13.0 Å². The van der Waals surface area contributed by atoms with E-state index in [0.29, 0.717) is 28.9 Å². The van der Waals surface area contributed by atoms with Gasteiger partial charge in [-0.1, -0.05) is 37.6 Å². The molecule has 0 unspecified atom stereocenters. The number of rotatable bonds is 4. The number of hydrogen-bond acceptors (Lipinski definition) is 2. The molecule has 0 bridgehead atoms. The van der Waals surface area contributed by atoms with Gasteiger partial charge in [0.2, 0.25) is 0 Å². The number of halogens is 1. The fourth-order valence-corrected chi connectivity index (χ4v) is 2.40. The maximum atomic E-state index is 9.26. The molecule has 0 radical (unpaired) electrons. The summed E-state index contributed by atoms with van der Waals surface area (Å²) >= 11 is 5.90. The van der Waals surface area contributed by atoms with Crippen LogP contribution in [0.4, 0.5) is 5.69 Å². The zero-order valence-corrected chi connectivity index (χ0v) is 12.5. The first-order valence-corrected chi connectivity index (χ1v) is 7.01. The lowest BCUT2D eigenvalue weighted by atomic mass is 10.1. The van der Waals surface area contributed by atoms with Crippen LogP contribution in [0, 0.1) is 17.2 Å². The summed E-state index contributed by atoms with van der Waals surface area (Å²) in [5, 5.41) is 9.98. The van der Waals surface area contributed by atoms with E-state index in [9.17, 15) is 5.26 Å². The number of nitriles is 1. The maximum Gasteiger partial charge on any atom is 0.122 e. The highest BCUT2D eigenvalue weighted by Crippen LogP contribution is 2.23. The van der Waals surface area contributed by atoms with Gasteiger partial charge >= 0.3 is 0 Å². The highest BCUT2D eigenvalue weighted by Gasteiger charge is 2.14. The first-order chi connectivity index (χ1) is 9.51. The molecule has 4 heteroatoms. The average molecular weight is 288 g/mol. The Balaban J connectivity index is 2.38. The molecule has 20 heavy (non-hydrogen) atoms. The van der Waals surface area contributed by atoms with Crippen molar-refractivity contribution in [1.82, 2.24) is 4.57 Å².